The molecule has 2 aliphatic rings. The lowest BCUT2D eigenvalue weighted by Crippen LogP contribution is -2.37. The lowest BCUT2D eigenvalue weighted by Gasteiger charge is -2.30. The second-order valence-electron chi connectivity index (χ2n) is 7.48. The van der Waals surface area contributed by atoms with E-state index in [2.05, 4.69) is 22.5 Å². The number of carbonyl (C=O) groups excluding carboxylic acids is 1. The standard InChI is InChI=1S/C20H30N4OS/c1-16-6-3-11-23(15-16)12-5-10-21-20(26)22-17-7-2-8-18(14-17)24-13-4-9-19(24)25/h2,7-8,14,16H,3-6,9-13,15H2,1H3,(H2,21,22,26)/t16-/m1/s1. The number of hydrogen-bond donors (Lipinski definition) is 2. The Kier molecular flexibility index (Phi) is 6.86. The summed E-state index contributed by atoms with van der Waals surface area (Å²) in [4.78, 5) is 16.3. The van der Waals surface area contributed by atoms with Gasteiger partial charge in [0.15, 0.2) is 5.11 Å². The highest BCUT2D eigenvalue weighted by Crippen LogP contribution is 2.24. The smallest absolute Gasteiger partial charge is 0.227 e. The van der Waals surface area contributed by atoms with Crippen LogP contribution in [0, 0.1) is 5.92 Å². The number of likely N-dealkylation sites (tertiary alicyclic amines) is 1. The van der Waals surface area contributed by atoms with Gasteiger partial charge in [-0.15, -0.1) is 0 Å². The number of nitrogens with one attached hydrogen (secondary N) is 2. The Labute approximate surface area is 162 Å². The monoisotopic (exact) mass is 374 g/mol. The van der Waals surface area contributed by atoms with Crippen molar-refractivity contribution in [3.63, 3.8) is 0 Å². The van der Waals surface area contributed by atoms with E-state index in [0.29, 0.717) is 11.5 Å². The van der Waals surface area contributed by atoms with E-state index in [1.165, 1.54) is 25.9 Å². The number of benzene rings is 1. The van der Waals surface area contributed by atoms with Gasteiger partial charge in [-0.3, -0.25) is 4.79 Å². The minimum atomic E-state index is 0.204. The summed E-state index contributed by atoms with van der Waals surface area (Å²) in [7, 11) is 0. The maximum atomic E-state index is 11.9. The third-order valence-corrected chi connectivity index (χ3v) is 5.41. The minimum absolute atomic E-state index is 0.204. The number of carbonyl (C=O) groups is 1. The predicted octanol–water partition coefficient (Wildman–Crippen LogP) is 3.22. The van der Waals surface area contributed by atoms with Gasteiger partial charge in [0.1, 0.15) is 0 Å². The van der Waals surface area contributed by atoms with Crippen LogP contribution in [-0.2, 0) is 4.79 Å². The van der Waals surface area contributed by atoms with Crippen molar-refractivity contribution >= 4 is 34.6 Å². The Morgan fingerprint density at radius 1 is 1.31 bits per heavy atom. The van der Waals surface area contributed by atoms with Crippen molar-refractivity contribution in [1.82, 2.24) is 10.2 Å². The van der Waals surface area contributed by atoms with Crippen molar-refractivity contribution in [3.05, 3.63) is 24.3 Å². The molecular weight excluding hydrogens is 344 g/mol. The van der Waals surface area contributed by atoms with Crippen molar-refractivity contribution < 1.29 is 4.79 Å². The molecule has 6 heteroatoms. The van der Waals surface area contributed by atoms with Crippen LogP contribution in [0.4, 0.5) is 11.4 Å². The Balaban J connectivity index is 1.40. The topological polar surface area (TPSA) is 47.6 Å². The van der Waals surface area contributed by atoms with Gasteiger partial charge in [-0.1, -0.05) is 13.0 Å². The summed E-state index contributed by atoms with van der Waals surface area (Å²) in [6.07, 6.45) is 5.37. The molecule has 5 nitrogen and oxygen atoms in total. The molecule has 0 radical (unpaired) electrons. The zero-order valence-electron chi connectivity index (χ0n) is 15.7. The molecule has 1 atom stereocenters. The number of amides is 1. The second kappa shape index (κ2) is 9.33. The van der Waals surface area contributed by atoms with Crippen LogP contribution in [-0.4, -0.2) is 48.6 Å². The van der Waals surface area contributed by atoms with E-state index in [9.17, 15) is 4.79 Å². The molecular formula is C20H30N4OS. The molecule has 3 rings (SSSR count). The fourth-order valence-corrected chi connectivity index (χ4v) is 4.06. The maximum Gasteiger partial charge on any atom is 0.227 e. The molecule has 0 spiro atoms. The number of nitrogens with zero attached hydrogens (tertiary/aromatic N) is 2. The Bertz CT molecular complexity index is 636. The highest BCUT2D eigenvalue weighted by atomic mass is 32.1. The molecule has 2 fully saturated rings. The largest absolute Gasteiger partial charge is 0.362 e. The molecule has 0 aromatic heterocycles. The third kappa shape index (κ3) is 5.42. The van der Waals surface area contributed by atoms with Gasteiger partial charge in [-0.2, -0.15) is 0 Å². The molecule has 142 valence electrons. The van der Waals surface area contributed by atoms with Crippen LogP contribution in [0.3, 0.4) is 0 Å². The van der Waals surface area contributed by atoms with Crippen LogP contribution in [0.15, 0.2) is 24.3 Å². The average Bonchev–Trinajstić information content (AvgIpc) is 3.05. The third-order valence-electron chi connectivity index (χ3n) is 5.17. The summed E-state index contributed by atoms with van der Waals surface area (Å²) in [5.74, 6) is 1.03. The van der Waals surface area contributed by atoms with Crippen LogP contribution in [0.1, 0.15) is 39.0 Å². The van der Waals surface area contributed by atoms with Gasteiger partial charge in [-0.05, 0) is 75.1 Å². The van der Waals surface area contributed by atoms with E-state index in [0.717, 1.165) is 49.8 Å². The first-order chi connectivity index (χ1) is 12.6. The van der Waals surface area contributed by atoms with Crippen molar-refractivity contribution in [2.24, 2.45) is 5.92 Å². The molecule has 26 heavy (non-hydrogen) atoms. The fraction of sp³-hybridized carbons (Fsp3) is 0.600. The number of thiocarbonyl (C=S) groups is 1. The van der Waals surface area contributed by atoms with Crippen LogP contribution < -0.4 is 15.5 Å². The summed E-state index contributed by atoms with van der Waals surface area (Å²) in [5.41, 5.74) is 1.86. The van der Waals surface area contributed by atoms with Gasteiger partial charge in [0, 0.05) is 37.4 Å². The fourth-order valence-electron chi connectivity index (χ4n) is 3.84. The zero-order valence-corrected chi connectivity index (χ0v) is 16.5. The van der Waals surface area contributed by atoms with E-state index in [-0.39, 0.29) is 5.91 Å². The zero-order chi connectivity index (χ0) is 18.4. The first-order valence-corrected chi connectivity index (χ1v) is 10.2. The van der Waals surface area contributed by atoms with Crippen LogP contribution in [0.5, 0.6) is 0 Å². The molecule has 2 saturated heterocycles. The van der Waals surface area contributed by atoms with Crippen molar-refractivity contribution in [2.75, 3.05) is 42.9 Å². The van der Waals surface area contributed by atoms with E-state index in [4.69, 9.17) is 12.2 Å². The molecule has 1 aromatic carbocycles. The number of anilines is 2. The number of rotatable bonds is 6. The molecule has 2 aliphatic heterocycles. The Hall–Kier alpha value is -1.66. The van der Waals surface area contributed by atoms with Crippen molar-refractivity contribution in [1.29, 1.82) is 0 Å². The minimum Gasteiger partial charge on any atom is -0.362 e. The summed E-state index contributed by atoms with van der Waals surface area (Å²) in [6, 6.07) is 7.91. The van der Waals surface area contributed by atoms with Crippen LogP contribution in [0.25, 0.3) is 0 Å². The molecule has 0 aliphatic carbocycles. The lowest BCUT2D eigenvalue weighted by molar-refractivity contribution is -0.117. The summed E-state index contributed by atoms with van der Waals surface area (Å²) in [5, 5.41) is 7.17. The van der Waals surface area contributed by atoms with Gasteiger partial charge in [0.25, 0.3) is 0 Å². The SMILES string of the molecule is C[C@@H]1CCCN(CCCNC(=S)Nc2cccc(N3CCCC3=O)c2)C1. The van der Waals surface area contributed by atoms with Gasteiger partial charge in [0.2, 0.25) is 5.91 Å². The normalized spacial score (nSPS) is 21.0. The van der Waals surface area contributed by atoms with Gasteiger partial charge in [0.05, 0.1) is 0 Å². The molecule has 0 bridgehead atoms. The molecule has 1 amide bonds. The van der Waals surface area contributed by atoms with E-state index < -0.39 is 0 Å². The molecule has 0 saturated carbocycles. The molecule has 0 unspecified atom stereocenters. The number of piperidine rings is 1. The first-order valence-electron chi connectivity index (χ1n) is 9.79. The van der Waals surface area contributed by atoms with Crippen LogP contribution >= 0.6 is 12.2 Å². The molecule has 1 aromatic rings. The highest BCUT2D eigenvalue weighted by molar-refractivity contribution is 7.80. The summed E-state index contributed by atoms with van der Waals surface area (Å²) < 4.78 is 0. The molecule has 2 heterocycles. The van der Waals surface area contributed by atoms with E-state index in [1.807, 2.05) is 29.2 Å². The van der Waals surface area contributed by atoms with Gasteiger partial charge < -0.3 is 20.4 Å². The first kappa shape index (κ1) is 19.1. The van der Waals surface area contributed by atoms with Crippen molar-refractivity contribution in [3.8, 4) is 0 Å². The average molecular weight is 375 g/mol. The van der Waals surface area contributed by atoms with Gasteiger partial charge >= 0.3 is 0 Å². The number of hydrogen-bond acceptors (Lipinski definition) is 3. The Morgan fingerprint density at radius 3 is 2.96 bits per heavy atom. The molecule has 2 N–H and O–H groups in total. The highest BCUT2D eigenvalue weighted by Gasteiger charge is 2.21. The van der Waals surface area contributed by atoms with Crippen LogP contribution in [0.2, 0.25) is 0 Å². The van der Waals surface area contributed by atoms with Crippen molar-refractivity contribution in [2.45, 2.75) is 39.0 Å². The quantitative estimate of drug-likeness (QED) is 0.591. The second-order valence-corrected chi connectivity index (χ2v) is 7.89. The van der Waals surface area contributed by atoms with E-state index >= 15 is 0 Å². The lowest BCUT2D eigenvalue weighted by atomic mass is 10.0. The van der Waals surface area contributed by atoms with Gasteiger partial charge in [-0.25, -0.2) is 0 Å². The Morgan fingerprint density at radius 2 is 2.19 bits per heavy atom. The summed E-state index contributed by atoms with van der Waals surface area (Å²) in [6.45, 7) is 7.61. The summed E-state index contributed by atoms with van der Waals surface area (Å²) >= 11 is 5.41. The maximum absolute atomic E-state index is 11.9. The van der Waals surface area contributed by atoms with E-state index in [1.54, 1.807) is 0 Å². The predicted molar refractivity (Wildman–Crippen MR) is 112 cm³/mol.